The van der Waals surface area contributed by atoms with E-state index in [9.17, 15) is 13.2 Å². The van der Waals surface area contributed by atoms with Gasteiger partial charge in [0.05, 0.1) is 17.0 Å². The van der Waals surface area contributed by atoms with Crippen LogP contribution in [-0.4, -0.2) is 22.6 Å². The molecule has 0 unspecified atom stereocenters. The summed E-state index contributed by atoms with van der Waals surface area (Å²) in [4.78, 5) is 4.99. The lowest BCUT2D eigenvalue weighted by atomic mass is 9.97. The second-order valence-electron chi connectivity index (χ2n) is 7.78. The van der Waals surface area contributed by atoms with Crippen molar-refractivity contribution < 1.29 is 13.2 Å². The molecule has 1 fully saturated rings. The maximum atomic E-state index is 13.4. The number of aromatic nitrogens is 2. The number of alkyl halides is 3. The molecule has 0 spiro atoms. The molecule has 0 saturated carbocycles. The SMILES string of the molecule is C=C/C=C(\C=C/C)c1c(-c2cccc(C(F)(F)F)c2)nc(C2CCNCC2)n1CCC. The molecule has 2 aromatic rings. The van der Waals surface area contributed by atoms with Crippen molar-refractivity contribution in [3.8, 4) is 11.3 Å². The third-order valence-corrected chi connectivity index (χ3v) is 5.53. The van der Waals surface area contributed by atoms with Crippen LogP contribution in [0.3, 0.4) is 0 Å². The first-order chi connectivity index (χ1) is 14.9. The van der Waals surface area contributed by atoms with Crippen LogP contribution in [0.4, 0.5) is 13.2 Å². The molecule has 31 heavy (non-hydrogen) atoms. The molecule has 1 aromatic carbocycles. The van der Waals surface area contributed by atoms with Gasteiger partial charge in [0, 0.05) is 23.6 Å². The minimum atomic E-state index is -4.40. The van der Waals surface area contributed by atoms with E-state index in [4.69, 9.17) is 4.98 Å². The highest BCUT2D eigenvalue weighted by Crippen LogP contribution is 2.38. The number of allylic oxidation sites excluding steroid dienone is 5. The lowest BCUT2D eigenvalue weighted by Crippen LogP contribution is -2.28. The summed E-state index contributed by atoms with van der Waals surface area (Å²) >= 11 is 0. The molecule has 3 nitrogen and oxygen atoms in total. The van der Waals surface area contributed by atoms with Crippen molar-refractivity contribution in [2.75, 3.05) is 13.1 Å². The van der Waals surface area contributed by atoms with Crippen LogP contribution in [0.15, 0.2) is 55.1 Å². The summed E-state index contributed by atoms with van der Waals surface area (Å²) in [7, 11) is 0. The predicted octanol–water partition coefficient (Wildman–Crippen LogP) is 6.59. The highest BCUT2D eigenvalue weighted by Gasteiger charge is 2.32. The van der Waals surface area contributed by atoms with E-state index in [0.29, 0.717) is 11.3 Å². The van der Waals surface area contributed by atoms with Crippen LogP contribution in [0.2, 0.25) is 0 Å². The molecular weight excluding hydrogens is 399 g/mol. The first-order valence-corrected chi connectivity index (χ1v) is 10.8. The number of benzene rings is 1. The van der Waals surface area contributed by atoms with Gasteiger partial charge in [0.1, 0.15) is 5.82 Å². The van der Waals surface area contributed by atoms with Crippen LogP contribution < -0.4 is 5.32 Å². The lowest BCUT2D eigenvalue weighted by molar-refractivity contribution is -0.137. The Hall–Kier alpha value is -2.60. The van der Waals surface area contributed by atoms with Crippen LogP contribution in [0.25, 0.3) is 16.8 Å². The van der Waals surface area contributed by atoms with Gasteiger partial charge in [0.2, 0.25) is 0 Å². The Morgan fingerprint density at radius 2 is 2.03 bits per heavy atom. The Morgan fingerprint density at radius 1 is 1.29 bits per heavy atom. The largest absolute Gasteiger partial charge is 0.416 e. The highest BCUT2D eigenvalue weighted by molar-refractivity contribution is 5.83. The van der Waals surface area contributed by atoms with Gasteiger partial charge in [-0.25, -0.2) is 4.98 Å². The number of piperidine rings is 1. The average Bonchev–Trinajstić information content (AvgIpc) is 3.13. The fraction of sp³-hybridized carbons (Fsp3) is 0.400. The third kappa shape index (κ3) is 5.18. The van der Waals surface area contributed by atoms with Crippen LogP contribution in [0.5, 0.6) is 0 Å². The quantitative estimate of drug-likeness (QED) is 0.503. The molecule has 6 heteroatoms. The number of nitrogens with zero attached hydrogens (tertiary/aromatic N) is 2. The van der Waals surface area contributed by atoms with Crippen molar-refractivity contribution in [3.63, 3.8) is 0 Å². The Morgan fingerprint density at radius 3 is 2.65 bits per heavy atom. The summed E-state index contributed by atoms with van der Waals surface area (Å²) in [6.07, 6.45) is 5.93. The molecule has 3 rings (SSSR count). The normalized spacial score (nSPS) is 16.2. The molecule has 2 heterocycles. The molecule has 0 aliphatic carbocycles. The van der Waals surface area contributed by atoms with Crippen LogP contribution in [0, 0.1) is 0 Å². The van der Waals surface area contributed by atoms with Crippen LogP contribution in [-0.2, 0) is 12.7 Å². The van der Waals surface area contributed by atoms with Crippen LogP contribution in [0.1, 0.15) is 56.1 Å². The van der Waals surface area contributed by atoms with E-state index in [1.807, 2.05) is 25.2 Å². The van der Waals surface area contributed by atoms with Crippen LogP contribution >= 0.6 is 0 Å². The smallest absolute Gasteiger partial charge is 0.327 e. The minimum absolute atomic E-state index is 0.279. The lowest BCUT2D eigenvalue weighted by Gasteiger charge is -2.23. The number of imidazole rings is 1. The number of rotatable bonds is 7. The Labute approximate surface area is 182 Å². The predicted molar refractivity (Wildman–Crippen MR) is 121 cm³/mol. The third-order valence-electron chi connectivity index (χ3n) is 5.53. The van der Waals surface area contributed by atoms with E-state index in [0.717, 1.165) is 62.1 Å². The van der Waals surface area contributed by atoms with Gasteiger partial charge in [-0.1, -0.05) is 49.9 Å². The molecule has 0 amide bonds. The molecule has 0 bridgehead atoms. The van der Waals surface area contributed by atoms with Gasteiger partial charge in [-0.15, -0.1) is 0 Å². The monoisotopic (exact) mass is 429 g/mol. The molecule has 1 aliphatic rings. The summed E-state index contributed by atoms with van der Waals surface area (Å²) in [5.41, 5.74) is 2.16. The van der Waals surface area contributed by atoms with Gasteiger partial charge in [-0.3, -0.25) is 0 Å². The molecule has 166 valence electrons. The fourth-order valence-corrected chi connectivity index (χ4v) is 4.17. The molecule has 1 aliphatic heterocycles. The maximum absolute atomic E-state index is 13.4. The van der Waals surface area contributed by atoms with Crippen molar-refractivity contribution >= 4 is 5.57 Å². The summed E-state index contributed by atoms with van der Waals surface area (Å²) in [6.45, 7) is 10.5. The van der Waals surface area contributed by atoms with Crippen molar-refractivity contribution in [3.05, 3.63) is 72.2 Å². The summed E-state index contributed by atoms with van der Waals surface area (Å²) in [5.74, 6) is 1.24. The molecule has 1 aromatic heterocycles. The van der Waals surface area contributed by atoms with Crippen molar-refractivity contribution in [2.45, 2.75) is 51.7 Å². The number of hydrogen-bond acceptors (Lipinski definition) is 2. The van der Waals surface area contributed by atoms with E-state index >= 15 is 0 Å². The standard InChI is InChI=1S/C25H30F3N3/c1-4-8-18(9-5-2)23-22(20-10-7-11-21(17-20)25(26,27)28)30-24(31(23)16-6-3)19-12-14-29-15-13-19/h4-5,7-11,17,19,29H,1,6,12-16H2,2-3H3/b9-5-,18-8+. The molecule has 1 N–H and O–H groups in total. The summed E-state index contributed by atoms with van der Waals surface area (Å²) in [5, 5.41) is 3.38. The zero-order chi connectivity index (χ0) is 22.4. The topological polar surface area (TPSA) is 29.9 Å². The summed E-state index contributed by atoms with van der Waals surface area (Å²) < 4.78 is 42.4. The van der Waals surface area contributed by atoms with Crippen molar-refractivity contribution in [2.24, 2.45) is 0 Å². The Bertz CT molecular complexity index is 961. The zero-order valence-corrected chi connectivity index (χ0v) is 18.2. The van der Waals surface area contributed by atoms with Gasteiger partial charge < -0.3 is 9.88 Å². The first kappa shape index (κ1) is 23.1. The first-order valence-electron chi connectivity index (χ1n) is 10.8. The molecule has 1 saturated heterocycles. The number of halogens is 3. The molecular formula is C25H30F3N3. The van der Waals surface area contributed by atoms with E-state index in [2.05, 4.69) is 23.4 Å². The highest BCUT2D eigenvalue weighted by atomic mass is 19.4. The van der Waals surface area contributed by atoms with Gasteiger partial charge in [0.25, 0.3) is 0 Å². The molecule has 0 atom stereocenters. The average molecular weight is 430 g/mol. The minimum Gasteiger partial charge on any atom is -0.327 e. The fourth-order valence-electron chi connectivity index (χ4n) is 4.17. The summed E-state index contributed by atoms with van der Waals surface area (Å²) in [6, 6.07) is 5.48. The van der Waals surface area contributed by atoms with Crippen molar-refractivity contribution in [1.82, 2.24) is 14.9 Å². The van der Waals surface area contributed by atoms with Gasteiger partial charge >= 0.3 is 6.18 Å². The van der Waals surface area contributed by atoms with Gasteiger partial charge in [-0.2, -0.15) is 13.2 Å². The maximum Gasteiger partial charge on any atom is 0.416 e. The molecule has 0 radical (unpaired) electrons. The zero-order valence-electron chi connectivity index (χ0n) is 18.2. The second kappa shape index (κ2) is 10.1. The Kier molecular flexibility index (Phi) is 7.55. The van der Waals surface area contributed by atoms with E-state index < -0.39 is 11.7 Å². The number of nitrogens with one attached hydrogen (secondary N) is 1. The Balaban J connectivity index is 2.28. The van der Waals surface area contributed by atoms with E-state index in [1.54, 1.807) is 12.1 Å². The second-order valence-corrected chi connectivity index (χ2v) is 7.78. The van der Waals surface area contributed by atoms with E-state index in [1.165, 1.54) is 12.1 Å². The van der Waals surface area contributed by atoms with Gasteiger partial charge in [0.15, 0.2) is 0 Å². The van der Waals surface area contributed by atoms with E-state index in [-0.39, 0.29) is 5.92 Å². The van der Waals surface area contributed by atoms with Crippen molar-refractivity contribution in [1.29, 1.82) is 0 Å². The van der Waals surface area contributed by atoms with Gasteiger partial charge in [-0.05, 0) is 51.4 Å². The number of hydrogen-bond donors (Lipinski definition) is 1.